The summed E-state index contributed by atoms with van der Waals surface area (Å²) in [5.41, 5.74) is 0.941. The molecule has 0 radical (unpaired) electrons. The van der Waals surface area contributed by atoms with Gasteiger partial charge in [-0.2, -0.15) is 0 Å². The van der Waals surface area contributed by atoms with E-state index < -0.39 is 17.7 Å². The topological polar surface area (TPSA) is 65.7 Å². The quantitative estimate of drug-likeness (QED) is 0.416. The summed E-state index contributed by atoms with van der Waals surface area (Å²) in [6.45, 7) is 5.57. The molecule has 0 aliphatic heterocycles. The van der Waals surface area contributed by atoms with Gasteiger partial charge in [-0.15, -0.1) is 0 Å². The molecular formula is C19H18O5. The van der Waals surface area contributed by atoms with Gasteiger partial charge in [0.1, 0.15) is 11.3 Å². The van der Waals surface area contributed by atoms with Gasteiger partial charge in [-0.25, -0.2) is 9.59 Å². The fraction of sp³-hybridized carbons (Fsp3) is 0.263. The van der Waals surface area contributed by atoms with Gasteiger partial charge in [0.25, 0.3) is 0 Å². The number of ether oxygens (including phenoxy) is 2. The summed E-state index contributed by atoms with van der Waals surface area (Å²) in [5, 5.41) is 2.24. The molecular weight excluding hydrogens is 308 g/mol. The predicted octanol–water partition coefficient (Wildman–Crippen LogP) is 3.59. The maximum Gasteiger partial charge on any atom is 0.347 e. The Kier molecular flexibility index (Phi) is 4.25. The summed E-state index contributed by atoms with van der Waals surface area (Å²) in [6.07, 6.45) is -0.742. The van der Waals surface area contributed by atoms with E-state index in [1.54, 1.807) is 32.0 Å². The van der Waals surface area contributed by atoms with Crippen molar-refractivity contribution in [2.45, 2.75) is 26.9 Å². The van der Waals surface area contributed by atoms with Gasteiger partial charge in [0.15, 0.2) is 6.10 Å². The molecule has 0 fully saturated rings. The van der Waals surface area contributed by atoms with Crippen molar-refractivity contribution in [3.63, 3.8) is 0 Å². The van der Waals surface area contributed by atoms with Crippen molar-refractivity contribution in [3.8, 4) is 5.75 Å². The number of rotatable bonds is 4. The van der Waals surface area contributed by atoms with Crippen molar-refractivity contribution < 1.29 is 18.7 Å². The highest BCUT2D eigenvalue weighted by atomic mass is 16.6. The second-order valence-corrected chi connectivity index (χ2v) is 5.56. The molecule has 0 aliphatic carbocycles. The highest BCUT2D eigenvalue weighted by Crippen LogP contribution is 2.30. The molecule has 3 rings (SSSR count). The Morgan fingerprint density at radius 1 is 1.21 bits per heavy atom. The minimum atomic E-state index is -0.742. The fourth-order valence-electron chi connectivity index (χ4n) is 2.76. The molecule has 2 aromatic carbocycles. The summed E-state index contributed by atoms with van der Waals surface area (Å²) >= 11 is 0. The molecule has 0 bridgehead atoms. The van der Waals surface area contributed by atoms with E-state index in [-0.39, 0.29) is 0 Å². The first-order valence-electron chi connectivity index (χ1n) is 7.80. The van der Waals surface area contributed by atoms with Crippen LogP contribution in [0, 0.1) is 6.92 Å². The van der Waals surface area contributed by atoms with Gasteiger partial charge in [-0.05, 0) is 38.5 Å². The monoisotopic (exact) mass is 326 g/mol. The van der Waals surface area contributed by atoms with Crippen LogP contribution in [0.1, 0.15) is 19.4 Å². The van der Waals surface area contributed by atoms with Crippen LogP contribution in [0.4, 0.5) is 0 Å². The molecule has 0 unspecified atom stereocenters. The van der Waals surface area contributed by atoms with Gasteiger partial charge in [-0.1, -0.05) is 18.2 Å². The smallest absolute Gasteiger partial charge is 0.347 e. The first-order valence-corrected chi connectivity index (χ1v) is 7.80. The lowest BCUT2D eigenvalue weighted by molar-refractivity contribution is -0.150. The Morgan fingerprint density at radius 3 is 2.62 bits per heavy atom. The van der Waals surface area contributed by atoms with Crippen molar-refractivity contribution in [2.24, 2.45) is 0 Å². The van der Waals surface area contributed by atoms with Crippen LogP contribution >= 0.6 is 0 Å². The summed E-state index contributed by atoms with van der Waals surface area (Å²) in [6, 6.07) is 10.8. The van der Waals surface area contributed by atoms with Crippen LogP contribution in [0.5, 0.6) is 5.75 Å². The molecule has 0 saturated heterocycles. The van der Waals surface area contributed by atoms with E-state index in [1.807, 2.05) is 25.1 Å². The number of esters is 1. The molecule has 1 atom stereocenters. The van der Waals surface area contributed by atoms with Crippen LogP contribution in [0.15, 0.2) is 45.6 Å². The van der Waals surface area contributed by atoms with Gasteiger partial charge in [0, 0.05) is 16.8 Å². The highest BCUT2D eigenvalue weighted by Gasteiger charge is 2.17. The molecule has 124 valence electrons. The van der Waals surface area contributed by atoms with Gasteiger partial charge in [-0.3, -0.25) is 0 Å². The van der Waals surface area contributed by atoms with E-state index in [2.05, 4.69) is 0 Å². The number of aryl methyl sites for hydroxylation is 1. The summed E-state index contributed by atoms with van der Waals surface area (Å²) < 4.78 is 16.0. The summed E-state index contributed by atoms with van der Waals surface area (Å²) in [4.78, 5) is 23.9. The lowest BCUT2D eigenvalue weighted by Crippen LogP contribution is -2.26. The maximum atomic E-state index is 12.1. The molecule has 0 aliphatic rings. The van der Waals surface area contributed by atoms with E-state index in [0.717, 1.165) is 16.3 Å². The molecule has 1 heterocycles. The molecule has 5 heteroatoms. The zero-order chi connectivity index (χ0) is 17.3. The number of hydrogen-bond donors (Lipinski definition) is 0. The van der Waals surface area contributed by atoms with Gasteiger partial charge in [0.2, 0.25) is 0 Å². The molecule has 0 amide bonds. The second-order valence-electron chi connectivity index (χ2n) is 5.56. The van der Waals surface area contributed by atoms with E-state index in [1.165, 1.54) is 0 Å². The van der Waals surface area contributed by atoms with Crippen LogP contribution in [-0.4, -0.2) is 18.7 Å². The average Bonchev–Trinajstić information content (AvgIpc) is 2.54. The molecule has 1 aromatic heterocycles. The molecule has 0 spiro atoms. The van der Waals surface area contributed by atoms with Crippen molar-refractivity contribution in [3.05, 3.63) is 52.4 Å². The van der Waals surface area contributed by atoms with Crippen LogP contribution in [0.25, 0.3) is 21.7 Å². The van der Waals surface area contributed by atoms with Crippen LogP contribution in [0.3, 0.4) is 0 Å². The minimum absolute atomic E-state index is 0.296. The van der Waals surface area contributed by atoms with Crippen LogP contribution in [0.2, 0.25) is 0 Å². The Morgan fingerprint density at radius 2 is 1.92 bits per heavy atom. The fourth-order valence-corrected chi connectivity index (χ4v) is 2.76. The first kappa shape index (κ1) is 16.1. The third-order valence-corrected chi connectivity index (χ3v) is 3.82. The van der Waals surface area contributed by atoms with Crippen molar-refractivity contribution >= 4 is 27.7 Å². The average molecular weight is 326 g/mol. The number of fused-ring (bicyclic) bond motifs is 3. The van der Waals surface area contributed by atoms with Gasteiger partial charge in [0.05, 0.1) is 12.0 Å². The standard InChI is InChI=1S/C19H18O5/c1-4-22-18(20)12(3)23-13-9-11(2)17-14-7-5-6-8-15(14)19(21)24-16(17)10-13/h5-10,12H,4H2,1-3H3/t12-/m1/s1. The van der Waals surface area contributed by atoms with E-state index in [0.29, 0.717) is 23.3 Å². The van der Waals surface area contributed by atoms with Crippen molar-refractivity contribution in [2.75, 3.05) is 6.61 Å². The molecule has 0 N–H and O–H groups in total. The Bertz CT molecular complexity index is 971. The molecule has 24 heavy (non-hydrogen) atoms. The van der Waals surface area contributed by atoms with E-state index in [9.17, 15) is 9.59 Å². The molecule has 5 nitrogen and oxygen atoms in total. The lowest BCUT2D eigenvalue weighted by atomic mass is 10.0. The molecule has 3 aromatic rings. The van der Waals surface area contributed by atoms with Crippen molar-refractivity contribution in [1.29, 1.82) is 0 Å². The normalized spacial score (nSPS) is 12.3. The van der Waals surface area contributed by atoms with Crippen LogP contribution < -0.4 is 10.4 Å². The SMILES string of the molecule is CCOC(=O)[C@@H](C)Oc1cc(C)c2c(c1)oc(=O)c1ccccc12. The first-order chi connectivity index (χ1) is 11.5. The number of carbonyl (C=O) groups excluding carboxylic acids is 1. The third kappa shape index (κ3) is 2.85. The van der Waals surface area contributed by atoms with Crippen LogP contribution in [-0.2, 0) is 9.53 Å². The molecule has 0 saturated carbocycles. The van der Waals surface area contributed by atoms with Gasteiger partial charge >= 0.3 is 11.6 Å². The summed E-state index contributed by atoms with van der Waals surface area (Å²) in [5.74, 6) is 0.0224. The lowest BCUT2D eigenvalue weighted by Gasteiger charge is -2.15. The minimum Gasteiger partial charge on any atom is -0.479 e. The largest absolute Gasteiger partial charge is 0.479 e. The number of benzene rings is 2. The highest BCUT2D eigenvalue weighted by molar-refractivity contribution is 6.06. The Labute approximate surface area is 138 Å². The van der Waals surface area contributed by atoms with Crippen molar-refractivity contribution in [1.82, 2.24) is 0 Å². The zero-order valence-electron chi connectivity index (χ0n) is 13.8. The maximum absolute atomic E-state index is 12.1. The third-order valence-electron chi connectivity index (χ3n) is 3.82. The number of carbonyl (C=O) groups is 1. The van der Waals surface area contributed by atoms with E-state index in [4.69, 9.17) is 13.9 Å². The van der Waals surface area contributed by atoms with Gasteiger partial charge < -0.3 is 13.9 Å². The Hall–Kier alpha value is -2.82. The predicted molar refractivity (Wildman–Crippen MR) is 91.5 cm³/mol. The second kappa shape index (κ2) is 6.35. The zero-order valence-corrected chi connectivity index (χ0v) is 13.8. The Balaban J connectivity index is 2.09. The number of hydrogen-bond acceptors (Lipinski definition) is 5. The summed E-state index contributed by atoms with van der Waals surface area (Å²) in [7, 11) is 0. The van der Waals surface area contributed by atoms with E-state index >= 15 is 0 Å².